The second-order valence-electron chi connectivity index (χ2n) is 2.52. The summed E-state index contributed by atoms with van der Waals surface area (Å²) in [6.45, 7) is 0. The van der Waals surface area contributed by atoms with E-state index >= 15 is 0 Å². The van der Waals surface area contributed by atoms with Crippen LogP contribution in [-0.4, -0.2) is 11.0 Å². The van der Waals surface area contributed by atoms with Crippen LogP contribution < -0.4 is 0 Å². The lowest BCUT2D eigenvalue weighted by Crippen LogP contribution is -1.83. The first-order valence-electron chi connectivity index (χ1n) is 3.88. The van der Waals surface area contributed by atoms with E-state index in [2.05, 4.69) is 11.8 Å². The molecular formula is C10H7Cl2FO. The number of rotatable bonds is 1. The molecule has 14 heavy (non-hydrogen) atoms. The third-order valence-electron chi connectivity index (χ3n) is 1.47. The molecule has 0 aliphatic carbocycles. The quantitative estimate of drug-likeness (QED) is 0.583. The molecule has 1 N–H and O–H groups in total. The van der Waals surface area contributed by atoms with Crippen molar-refractivity contribution >= 4 is 23.2 Å². The molecule has 1 aromatic rings. The standard InChI is InChI=1S/C10H7Cl2FO/c11-4-2-1-3-7-5-8(12)6-9(13)10(7)14/h5-6,14H,2,4H2. The van der Waals surface area contributed by atoms with Crippen LogP contribution >= 0.6 is 23.2 Å². The number of halogens is 3. The Kier molecular flexibility index (Phi) is 4.06. The number of aromatic hydroxyl groups is 1. The largest absolute Gasteiger partial charge is 0.504 e. The highest BCUT2D eigenvalue weighted by molar-refractivity contribution is 6.30. The smallest absolute Gasteiger partial charge is 0.167 e. The van der Waals surface area contributed by atoms with E-state index in [9.17, 15) is 9.50 Å². The van der Waals surface area contributed by atoms with Gasteiger partial charge in [0.25, 0.3) is 0 Å². The molecule has 0 fully saturated rings. The van der Waals surface area contributed by atoms with Gasteiger partial charge in [0, 0.05) is 17.3 Å². The fraction of sp³-hybridized carbons (Fsp3) is 0.200. The summed E-state index contributed by atoms with van der Waals surface area (Å²) in [7, 11) is 0. The minimum Gasteiger partial charge on any atom is -0.504 e. The van der Waals surface area contributed by atoms with Gasteiger partial charge in [-0.05, 0) is 12.1 Å². The van der Waals surface area contributed by atoms with Crippen molar-refractivity contribution in [2.45, 2.75) is 6.42 Å². The lowest BCUT2D eigenvalue weighted by Gasteiger charge is -1.99. The fourth-order valence-corrected chi connectivity index (χ4v) is 1.17. The highest BCUT2D eigenvalue weighted by Crippen LogP contribution is 2.24. The number of hydrogen-bond acceptors (Lipinski definition) is 1. The van der Waals surface area contributed by atoms with Crippen molar-refractivity contribution in [2.75, 3.05) is 5.88 Å². The maximum absolute atomic E-state index is 12.9. The van der Waals surface area contributed by atoms with Gasteiger partial charge in [0.15, 0.2) is 11.6 Å². The van der Waals surface area contributed by atoms with Crippen molar-refractivity contribution in [2.24, 2.45) is 0 Å². The number of alkyl halides is 1. The van der Waals surface area contributed by atoms with Crippen molar-refractivity contribution < 1.29 is 9.50 Å². The summed E-state index contributed by atoms with van der Waals surface area (Å²) >= 11 is 11.0. The van der Waals surface area contributed by atoms with Crippen molar-refractivity contribution in [1.29, 1.82) is 0 Å². The van der Waals surface area contributed by atoms with E-state index in [0.717, 1.165) is 6.07 Å². The summed E-state index contributed by atoms with van der Waals surface area (Å²) in [5, 5.41) is 9.46. The lowest BCUT2D eigenvalue weighted by molar-refractivity contribution is 0.431. The van der Waals surface area contributed by atoms with E-state index in [-0.39, 0.29) is 10.6 Å². The predicted octanol–water partition coefficient (Wildman–Crippen LogP) is 3.17. The second kappa shape index (κ2) is 5.09. The van der Waals surface area contributed by atoms with Gasteiger partial charge in [-0.1, -0.05) is 23.4 Å². The Balaban J connectivity index is 3.04. The Hall–Kier alpha value is -0.910. The van der Waals surface area contributed by atoms with Gasteiger partial charge in [0.2, 0.25) is 0 Å². The van der Waals surface area contributed by atoms with E-state index in [0.29, 0.717) is 12.3 Å². The molecule has 1 rings (SSSR count). The maximum Gasteiger partial charge on any atom is 0.167 e. The van der Waals surface area contributed by atoms with Gasteiger partial charge in [-0.15, -0.1) is 11.6 Å². The molecule has 0 saturated carbocycles. The molecule has 0 spiro atoms. The zero-order valence-corrected chi connectivity index (χ0v) is 8.66. The molecule has 0 heterocycles. The molecule has 1 nitrogen and oxygen atoms in total. The van der Waals surface area contributed by atoms with Crippen LogP contribution in [0.15, 0.2) is 12.1 Å². The zero-order chi connectivity index (χ0) is 10.6. The molecule has 0 aliphatic heterocycles. The van der Waals surface area contributed by atoms with Crippen LogP contribution in [0.1, 0.15) is 12.0 Å². The molecular weight excluding hydrogens is 226 g/mol. The Bertz CT molecular complexity index is 393. The molecule has 0 atom stereocenters. The highest BCUT2D eigenvalue weighted by Gasteiger charge is 2.06. The summed E-state index contributed by atoms with van der Waals surface area (Å²) in [6, 6.07) is 2.44. The average molecular weight is 233 g/mol. The van der Waals surface area contributed by atoms with E-state index < -0.39 is 11.6 Å². The van der Waals surface area contributed by atoms with Crippen molar-refractivity contribution in [3.8, 4) is 17.6 Å². The van der Waals surface area contributed by atoms with Gasteiger partial charge >= 0.3 is 0 Å². The molecule has 4 heteroatoms. The molecule has 0 unspecified atom stereocenters. The van der Waals surface area contributed by atoms with Gasteiger partial charge in [-0.3, -0.25) is 0 Å². The first-order valence-corrected chi connectivity index (χ1v) is 4.79. The molecule has 0 saturated heterocycles. The van der Waals surface area contributed by atoms with Gasteiger partial charge in [-0.25, -0.2) is 4.39 Å². The van der Waals surface area contributed by atoms with Crippen LogP contribution in [0.4, 0.5) is 4.39 Å². The Morgan fingerprint density at radius 1 is 1.43 bits per heavy atom. The third-order valence-corrected chi connectivity index (χ3v) is 1.88. The van der Waals surface area contributed by atoms with Crippen LogP contribution in [0, 0.1) is 17.7 Å². The minimum atomic E-state index is -0.771. The van der Waals surface area contributed by atoms with Gasteiger partial charge in [-0.2, -0.15) is 0 Å². The zero-order valence-electron chi connectivity index (χ0n) is 7.15. The molecule has 1 aromatic carbocycles. The fourth-order valence-electron chi connectivity index (χ4n) is 0.866. The Labute approximate surface area is 91.5 Å². The summed E-state index contributed by atoms with van der Waals surface area (Å²) in [6.07, 6.45) is 0.481. The van der Waals surface area contributed by atoms with E-state index in [1.807, 2.05) is 0 Å². The van der Waals surface area contributed by atoms with Gasteiger partial charge in [0.1, 0.15) is 0 Å². The summed E-state index contributed by atoms with van der Waals surface area (Å²) in [5.74, 6) is 4.42. The van der Waals surface area contributed by atoms with Crippen LogP contribution in [0.5, 0.6) is 5.75 Å². The second-order valence-corrected chi connectivity index (χ2v) is 3.34. The van der Waals surface area contributed by atoms with E-state index in [1.54, 1.807) is 0 Å². The monoisotopic (exact) mass is 232 g/mol. The summed E-state index contributed by atoms with van der Waals surface area (Å²) in [5.41, 5.74) is 0.181. The van der Waals surface area contributed by atoms with Gasteiger partial charge in [0.05, 0.1) is 5.56 Å². The molecule has 0 amide bonds. The number of phenols is 1. The first kappa shape index (κ1) is 11.2. The molecule has 0 radical (unpaired) electrons. The van der Waals surface area contributed by atoms with Crippen LogP contribution in [-0.2, 0) is 0 Å². The normalized spacial score (nSPS) is 9.36. The van der Waals surface area contributed by atoms with Crippen LogP contribution in [0.25, 0.3) is 0 Å². The maximum atomic E-state index is 12.9. The number of phenolic OH excluding ortho intramolecular Hbond substituents is 1. The molecule has 0 aliphatic rings. The number of hydrogen-bond donors (Lipinski definition) is 1. The van der Waals surface area contributed by atoms with Crippen molar-refractivity contribution in [3.05, 3.63) is 28.5 Å². The van der Waals surface area contributed by atoms with Gasteiger partial charge < -0.3 is 5.11 Å². The summed E-state index contributed by atoms with van der Waals surface area (Å²) < 4.78 is 12.9. The first-order chi connectivity index (χ1) is 6.65. The van der Waals surface area contributed by atoms with E-state index in [4.69, 9.17) is 23.2 Å². The molecule has 0 aromatic heterocycles. The Morgan fingerprint density at radius 2 is 2.14 bits per heavy atom. The third kappa shape index (κ3) is 2.80. The van der Waals surface area contributed by atoms with Crippen LogP contribution in [0.2, 0.25) is 5.02 Å². The predicted molar refractivity (Wildman–Crippen MR) is 55.3 cm³/mol. The molecule has 74 valence electrons. The lowest BCUT2D eigenvalue weighted by atomic mass is 10.2. The SMILES string of the molecule is Oc1c(F)cc(Cl)cc1C#CCCCl. The topological polar surface area (TPSA) is 20.2 Å². The van der Waals surface area contributed by atoms with E-state index in [1.165, 1.54) is 6.07 Å². The highest BCUT2D eigenvalue weighted by atomic mass is 35.5. The minimum absolute atomic E-state index is 0.181. The Morgan fingerprint density at radius 3 is 2.79 bits per heavy atom. The average Bonchev–Trinajstić information content (AvgIpc) is 2.13. The number of benzene rings is 1. The van der Waals surface area contributed by atoms with Crippen molar-refractivity contribution in [1.82, 2.24) is 0 Å². The molecule has 0 bridgehead atoms. The van der Waals surface area contributed by atoms with Crippen molar-refractivity contribution in [3.63, 3.8) is 0 Å². The summed E-state index contributed by atoms with van der Waals surface area (Å²) in [4.78, 5) is 0. The van der Waals surface area contributed by atoms with Crippen LogP contribution in [0.3, 0.4) is 0 Å².